The number of nitrogens with two attached hydrogens (primary N) is 1. The monoisotopic (exact) mass is 299 g/mol. The zero-order chi connectivity index (χ0) is 13.8. The molecule has 0 aromatic heterocycles. The van der Waals surface area contributed by atoms with Crippen LogP contribution < -0.4 is 10.5 Å². The molecular weight excluding hydrogens is 288 g/mol. The molecule has 0 amide bonds. The summed E-state index contributed by atoms with van der Waals surface area (Å²) in [4.78, 5) is 0. The van der Waals surface area contributed by atoms with Gasteiger partial charge >= 0.3 is 0 Å². The molecule has 0 bridgehead atoms. The van der Waals surface area contributed by atoms with Crippen molar-refractivity contribution in [3.63, 3.8) is 0 Å². The van der Waals surface area contributed by atoms with E-state index < -0.39 is 6.10 Å². The van der Waals surface area contributed by atoms with Crippen LogP contribution in [0.15, 0.2) is 42.5 Å². The Morgan fingerprint density at radius 1 is 1.16 bits per heavy atom. The van der Waals surface area contributed by atoms with Crippen LogP contribution in [0.25, 0.3) is 0 Å². The Morgan fingerprint density at radius 2 is 1.95 bits per heavy atom. The molecule has 1 atom stereocenters. The van der Waals surface area contributed by atoms with Crippen molar-refractivity contribution in [2.75, 3.05) is 6.54 Å². The molecular formula is C14H12Cl2FNO. The molecule has 19 heavy (non-hydrogen) atoms. The molecule has 1 unspecified atom stereocenters. The average Bonchev–Trinajstić information content (AvgIpc) is 2.38. The highest BCUT2D eigenvalue weighted by Gasteiger charge is 2.14. The number of hydrogen-bond acceptors (Lipinski definition) is 2. The van der Waals surface area contributed by atoms with Gasteiger partial charge in [0, 0.05) is 11.6 Å². The lowest BCUT2D eigenvalue weighted by Crippen LogP contribution is -2.18. The Labute approximate surface area is 120 Å². The summed E-state index contributed by atoms with van der Waals surface area (Å²) in [6, 6.07) is 11.0. The Kier molecular flexibility index (Phi) is 4.64. The van der Waals surface area contributed by atoms with E-state index >= 15 is 0 Å². The summed E-state index contributed by atoms with van der Waals surface area (Å²) in [5, 5.41) is 0.912. The first kappa shape index (κ1) is 14.1. The largest absolute Gasteiger partial charge is 0.483 e. The summed E-state index contributed by atoms with van der Waals surface area (Å²) in [5.74, 6) is 0.132. The summed E-state index contributed by atoms with van der Waals surface area (Å²) in [5.41, 5.74) is 6.33. The van der Waals surface area contributed by atoms with E-state index in [1.807, 2.05) is 0 Å². The minimum Gasteiger partial charge on any atom is -0.483 e. The molecule has 5 heteroatoms. The molecule has 0 aliphatic carbocycles. The lowest BCUT2D eigenvalue weighted by molar-refractivity contribution is 0.214. The SMILES string of the molecule is NCC(Oc1ccc(Cl)cc1Cl)c1cccc(F)c1. The minimum absolute atomic E-state index is 0.211. The van der Waals surface area contributed by atoms with Gasteiger partial charge in [0.25, 0.3) is 0 Å². The van der Waals surface area contributed by atoms with Crippen molar-refractivity contribution in [2.24, 2.45) is 5.73 Å². The molecule has 0 fully saturated rings. The summed E-state index contributed by atoms with van der Waals surface area (Å²) >= 11 is 11.8. The highest BCUT2D eigenvalue weighted by molar-refractivity contribution is 6.35. The number of ether oxygens (including phenoxy) is 1. The molecule has 0 heterocycles. The van der Waals surface area contributed by atoms with Crippen molar-refractivity contribution in [1.29, 1.82) is 0 Å². The third-order valence-corrected chi connectivity index (χ3v) is 3.13. The van der Waals surface area contributed by atoms with Gasteiger partial charge in [-0.1, -0.05) is 35.3 Å². The van der Waals surface area contributed by atoms with Crippen LogP contribution in [0, 0.1) is 5.82 Å². The Balaban J connectivity index is 2.24. The van der Waals surface area contributed by atoms with Crippen molar-refractivity contribution in [3.8, 4) is 5.75 Å². The molecule has 0 spiro atoms. The fourth-order valence-electron chi connectivity index (χ4n) is 1.68. The molecule has 2 aromatic rings. The second-order valence-corrected chi connectivity index (χ2v) is 4.82. The molecule has 0 saturated heterocycles. The number of hydrogen-bond donors (Lipinski definition) is 1. The molecule has 0 aliphatic heterocycles. The first-order chi connectivity index (χ1) is 9.10. The number of halogens is 3. The van der Waals surface area contributed by atoms with E-state index in [1.165, 1.54) is 12.1 Å². The Morgan fingerprint density at radius 3 is 2.58 bits per heavy atom. The van der Waals surface area contributed by atoms with Crippen molar-refractivity contribution in [3.05, 3.63) is 63.9 Å². The van der Waals surface area contributed by atoms with Crippen LogP contribution in [0.5, 0.6) is 5.75 Å². The standard InChI is InChI=1S/C14H12Cl2FNO/c15-10-4-5-13(12(16)7-10)19-14(8-18)9-2-1-3-11(17)6-9/h1-7,14H,8,18H2. The maximum Gasteiger partial charge on any atom is 0.139 e. The zero-order valence-corrected chi connectivity index (χ0v) is 11.5. The highest BCUT2D eigenvalue weighted by atomic mass is 35.5. The quantitative estimate of drug-likeness (QED) is 0.918. The minimum atomic E-state index is -0.464. The number of benzene rings is 2. The molecule has 2 rings (SSSR count). The average molecular weight is 300 g/mol. The predicted molar refractivity (Wildman–Crippen MR) is 75.3 cm³/mol. The van der Waals surface area contributed by atoms with Crippen molar-refractivity contribution < 1.29 is 9.13 Å². The lowest BCUT2D eigenvalue weighted by Gasteiger charge is -2.18. The van der Waals surface area contributed by atoms with Gasteiger partial charge in [-0.3, -0.25) is 0 Å². The Hall–Kier alpha value is -1.29. The van der Waals surface area contributed by atoms with Gasteiger partial charge < -0.3 is 10.5 Å². The van der Waals surface area contributed by atoms with Gasteiger partial charge in [0.15, 0.2) is 0 Å². The first-order valence-corrected chi connectivity index (χ1v) is 6.43. The van der Waals surface area contributed by atoms with Gasteiger partial charge in [0.05, 0.1) is 5.02 Å². The molecule has 2 N–H and O–H groups in total. The van der Waals surface area contributed by atoms with E-state index in [0.717, 1.165) is 0 Å². The Bertz CT molecular complexity index is 577. The van der Waals surface area contributed by atoms with E-state index in [1.54, 1.807) is 30.3 Å². The second kappa shape index (κ2) is 6.24. The summed E-state index contributed by atoms with van der Waals surface area (Å²) in [7, 11) is 0. The lowest BCUT2D eigenvalue weighted by atomic mass is 10.1. The van der Waals surface area contributed by atoms with Crippen LogP contribution >= 0.6 is 23.2 Å². The topological polar surface area (TPSA) is 35.2 Å². The van der Waals surface area contributed by atoms with Crippen molar-refractivity contribution in [2.45, 2.75) is 6.10 Å². The van der Waals surface area contributed by atoms with Crippen LogP contribution in [-0.2, 0) is 0 Å². The normalized spacial score (nSPS) is 12.2. The van der Waals surface area contributed by atoms with Crippen LogP contribution in [0.3, 0.4) is 0 Å². The van der Waals surface area contributed by atoms with Crippen LogP contribution in [0.4, 0.5) is 4.39 Å². The second-order valence-electron chi connectivity index (χ2n) is 3.97. The van der Waals surface area contributed by atoms with E-state index in [-0.39, 0.29) is 12.4 Å². The summed E-state index contributed by atoms with van der Waals surface area (Å²) < 4.78 is 18.9. The molecule has 2 nitrogen and oxygen atoms in total. The number of rotatable bonds is 4. The van der Waals surface area contributed by atoms with Crippen molar-refractivity contribution in [1.82, 2.24) is 0 Å². The smallest absolute Gasteiger partial charge is 0.139 e. The van der Waals surface area contributed by atoms with Crippen LogP contribution in [-0.4, -0.2) is 6.54 Å². The molecule has 0 aliphatic rings. The van der Waals surface area contributed by atoms with E-state index in [9.17, 15) is 4.39 Å². The van der Waals surface area contributed by atoms with Gasteiger partial charge in [-0.05, 0) is 35.9 Å². The van der Waals surface area contributed by atoms with Gasteiger partial charge in [-0.25, -0.2) is 4.39 Å². The van der Waals surface area contributed by atoms with Gasteiger partial charge in [0.2, 0.25) is 0 Å². The fourth-order valence-corrected chi connectivity index (χ4v) is 2.14. The predicted octanol–water partition coefficient (Wildman–Crippen LogP) is 4.21. The first-order valence-electron chi connectivity index (χ1n) is 5.67. The van der Waals surface area contributed by atoms with Crippen LogP contribution in [0.1, 0.15) is 11.7 Å². The molecule has 0 radical (unpaired) electrons. The van der Waals surface area contributed by atoms with Gasteiger partial charge in [-0.15, -0.1) is 0 Å². The summed E-state index contributed by atoms with van der Waals surface area (Å²) in [6.45, 7) is 0.211. The molecule has 100 valence electrons. The van der Waals surface area contributed by atoms with Gasteiger partial charge in [0.1, 0.15) is 17.7 Å². The van der Waals surface area contributed by atoms with Crippen LogP contribution in [0.2, 0.25) is 10.0 Å². The summed E-state index contributed by atoms with van der Waals surface area (Å²) in [6.07, 6.45) is -0.464. The molecule has 0 saturated carbocycles. The van der Waals surface area contributed by atoms with Crippen molar-refractivity contribution >= 4 is 23.2 Å². The van der Waals surface area contributed by atoms with E-state index in [2.05, 4.69) is 0 Å². The van der Waals surface area contributed by atoms with E-state index in [4.69, 9.17) is 33.7 Å². The van der Waals surface area contributed by atoms with Gasteiger partial charge in [-0.2, -0.15) is 0 Å². The molecule has 2 aromatic carbocycles. The fraction of sp³-hybridized carbons (Fsp3) is 0.143. The van der Waals surface area contributed by atoms with E-state index in [0.29, 0.717) is 21.4 Å². The third kappa shape index (κ3) is 3.60. The highest BCUT2D eigenvalue weighted by Crippen LogP contribution is 2.31. The maximum atomic E-state index is 13.2. The third-order valence-electron chi connectivity index (χ3n) is 2.60. The zero-order valence-electron chi connectivity index (χ0n) is 9.95. The maximum absolute atomic E-state index is 13.2.